The average molecular weight is 365 g/mol. The lowest BCUT2D eigenvalue weighted by atomic mass is 10.3. The Balaban J connectivity index is 2.00. The van der Waals surface area contributed by atoms with Crippen molar-refractivity contribution in [1.82, 2.24) is 14.9 Å². The zero-order chi connectivity index (χ0) is 17.8. The minimum atomic E-state index is -4.90. The molecule has 11 heteroatoms. The predicted octanol–water partition coefficient (Wildman–Crippen LogP) is 2.05. The Morgan fingerprint density at radius 1 is 1.33 bits per heavy atom. The number of alkyl halides is 3. The molecule has 0 fully saturated rings. The molecule has 0 unspecified atom stereocenters. The van der Waals surface area contributed by atoms with E-state index in [0.717, 1.165) is 24.3 Å². The van der Waals surface area contributed by atoms with Crippen LogP contribution in [0.2, 0.25) is 0 Å². The van der Waals surface area contributed by atoms with Gasteiger partial charge in [0.2, 0.25) is 15.9 Å². The fourth-order valence-corrected chi connectivity index (χ4v) is 2.82. The molecule has 7 nitrogen and oxygen atoms in total. The van der Waals surface area contributed by atoms with Gasteiger partial charge in [0.15, 0.2) is 5.82 Å². The van der Waals surface area contributed by atoms with Gasteiger partial charge in [0, 0.05) is 25.5 Å². The van der Waals surface area contributed by atoms with Gasteiger partial charge in [-0.05, 0) is 12.1 Å². The van der Waals surface area contributed by atoms with Gasteiger partial charge in [-0.2, -0.15) is 4.98 Å². The maximum atomic E-state index is 12.2. The summed E-state index contributed by atoms with van der Waals surface area (Å²) in [6.45, 7) is 1.80. The molecule has 1 heterocycles. The zero-order valence-electron chi connectivity index (χ0n) is 12.5. The first-order valence-electron chi connectivity index (χ1n) is 6.86. The number of hydrogen-bond acceptors (Lipinski definition) is 6. The number of hydrogen-bond donors (Lipinski definition) is 1. The van der Waals surface area contributed by atoms with E-state index in [1.807, 2.05) is 6.92 Å². The molecule has 0 amide bonds. The van der Waals surface area contributed by atoms with Crippen LogP contribution in [0, 0.1) is 0 Å². The summed E-state index contributed by atoms with van der Waals surface area (Å²) in [5, 5.41) is 3.67. The van der Waals surface area contributed by atoms with Crippen molar-refractivity contribution in [3.63, 3.8) is 0 Å². The number of ether oxygens (including phenoxy) is 1. The maximum Gasteiger partial charge on any atom is 0.573 e. The van der Waals surface area contributed by atoms with E-state index in [-0.39, 0.29) is 23.8 Å². The van der Waals surface area contributed by atoms with E-state index in [2.05, 4.69) is 19.6 Å². The van der Waals surface area contributed by atoms with Crippen LogP contribution in [-0.2, 0) is 22.9 Å². The molecule has 0 radical (unpaired) electrons. The molecule has 0 bridgehead atoms. The number of rotatable bonds is 7. The molecule has 1 aromatic heterocycles. The number of benzene rings is 1. The van der Waals surface area contributed by atoms with Crippen molar-refractivity contribution in [2.75, 3.05) is 6.54 Å². The molecule has 0 saturated heterocycles. The van der Waals surface area contributed by atoms with Crippen molar-refractivity contribution < 1.29 is 30.8 Å². The quantitative estimate of drug-likeness (QED) is 0.807. The number of halogens is 3. The summed E-state index contributed by atoms with van der Waals surface area (Å²) in [7, 11) is -3.99. The molecular formula is C13H14F3N3O4S. The van der Waals surface area contributed by atoms with Crippen LogP contribution in [0.4, 0.5) is 13.2 Å². The highest BCUT2D eigenvalue weighted by Gasteiger charge is 2.31. The van der Waals surface area contributed by atoms with E-state index in [9.17, 15) is 21.6 Å². The molecule has 0 aliphatic rings. The fraction of sp³-hybridized carbons (Fsp3) is 0.385. The lowest BCUT2D eigenvalue weighted by molar-refractivity contribution is -0.274. The minimum Gasteiger partial charge on any atom is -0.406 e. The van der Waals surface area contributed by atoms with E-state index in [4.69, 9.17) is 4.52 Å². The molecule has 0 saturated carbocycles. The number of sulfonamides is 1. The third kappa shape index (κ3) is 5.20. The predicted molar refractivity (Wildman–Crippen MR) is 75.7 cm³/mol. The van der Waals surface area contributed by atoms with Crippen LogP contribution < -0.4 is 9.46 Å². The second-order valence-electron chi connectivity index (χ2n) is 4.63. The monoisotopic (exact) mass is 365 g/mol. The summed E-state index contributed by atoms with van der Waals surface area (Å²) in [5.74, 6) is 0.156. The second-order valence-corrected chi connectivity index (χ2v) is 6.40. The van der Waals surface area contributed by atoms with Gasteiger partial charge >= 0.3 is 6.36 Å². The van der Waals surface area contributed by atoms with Crippen LogP contribution in [0.25, 0.3) is 0 Å². The van der Waals surface area contributed by atoms with Crippen LogP contribution in [0.1, 0.15) is 18.6 Å². The minimum absolute atomic E-state index is 0.0436. The Morgan fingerprint density at radius 2 is 2.08 bits per heavy atom. The summed E-state index contributed by atoms with van der Waals surface area (Å²) in [6, 6.07) is 4.11. The third-order valence-corrected chi connectivity index (χ3v) is 4.27. The molecule has 0 aliphatic carbocycles. The van der Waals surface area contributed by atoms with Gasteiger partial charge in [-0.3, -0.25) is 0 Å². The Kier molecular flexibility index (Phi) is 5.44. The van der Waals surface area contributed by atoms with Gasteiger partial charge in [-0.1, -0.05) is 18.1 Å². The van der Waals surface area contributed by atoms with Crippen molar-refractivity contribution in [2.45, 2.75) is 31.0 Å². The van der Waals surface area contributed by atoms with E-state index in [1.54, 1.807) is 0 Å². The Bertz CT molecular complexity index is 790. The van der Waals surface area contributed by atoms with Gasteiger partial charge in [0.05, 0.1) is 4.90 Å². The van der Waals surface area contributed by atoms with E-state index < -0.39 is 22.1 Å². The van der Waals surface area contributed by atoms with Crippen molar-refractivity contribution in [3.05, 3.63) is 36.0 Å². The summed E-state index contributed by atoms with van der Waals surface area (Å²) in [6.07, 6.45) is -4.16. The smallest absolute Gasteiger partial charge is 0.406 e. The highest BCUT2D eigenvalue weighted by Crippen LogP contribution is 2.24. The SMILES string of the molecule is CCc1noc(CCNS(=O)(=O)c2cccc(OC(F)(F)F)c2)n1. The molecule has 1 aromatic carbocycles. The van der Waals surface area contributed by atoms with E-state index in [0.29, 0.717) is 12.2 Å². The summed E-state index contributed by atoms with van der Waals surface area (Å²) in [5.41, 5.74) is 0. The van der Waals surface area contributed by atoms with E-state index in [1.165, 1.54) is 0 Å². The van der Waals surface area contributed by atoms with Gasteiger partial charge in [-0.25, -0.2) is 13.1 Å². The fourth-order valence-electron chi connectivity index (χ4n) is 1.75. The number of aromatic nitrogens is 2. The Morgan fingerprint density at radius 3 is 2.71 bits per heavy atom. The molecule has 132 valence electrons. The van der Waals surface area contributed by atoms with E-state index >= 15 is 0 Å². The largest absolute Gasteiger partial charge is 0.573 e. The van der Waals surface area contributed by atoms with Gasteiger partial charge in [0.1, 0.15) is 5.75 Å². The van der Waals surface area contributed by atoms with Crippen LogP contribution in [-0.4, -0.2) is 31.5 Å². The lowest BCUT2D eigenvalue weighted by Crippen LogP contribution is -2.26. The standard InChI is InChI=1S/C13H14F3N3O4S/c1-2-11-18-12(23-19-11)6-7-17-24(20,21)10-5-3-4-9(8-10)22-13(14,15)16/h3-5,8,17H,2,6-7H2,1H3. The zero-order valence-corrected chi connectivity index (χ0v) is 13.3. The Hall–Kier alpha value is -2.14. The molecular weight excluding hydrogens is 351 g/mol. The summed E-state index contributed by atoms with van der Waals surface area (Å²) < 4.78 is 71.6. The topological polar surface area (TPSA) is 94.3 Å². The first-order chi connectivity index (χ1) is 11.2. The molecule has 0 atom stereocenters. The normalized spacial score (nSPS) is 12.3. The van der Waals surface area contributed by atoms with Crippen LogP contribution in [0.5, 0.6) is 5.75 Å². The van der Waals surface area contributed by atoms with Crippen molar-refractivity contribution in [3.8, 4) is 5.75 Å². The van der Waals surface area contributed by atoms with Crippen LogP contribution in [0.15, 0.2) is 33.7 Å². The first-order valence-corrected chi connectivity index (χ1v) is 8.35. The highest BCUT2D eigenvalue weighted by molar-refractivity contribution is 7.89. The Labute approximate surface area is 135 Å². The molecule has 24 heavy (non-hydrogen) atoms. The van der Waals surface area contributed by atoms with Crippen LogP contribution >= 0.6 is 0 Å². The molecule has 2 rings (SSSR count). The maximum absolute atomic E-state index is 12.2. The van der Waals surface area contributed by atoms with Gasteiger partial charge in [0.25, 0.3) is 0 Å². The summed E-state index contributed by atoms with van der Waals surface area (Å²) >= 11 is 0. The number of nitrogens with zero attached hydrogens (tertiary/aromatic N) is 2. The third-order valence-electron chi connectivity index (χ3n) is 2.81. The molecule has 2 aromatic rings. The molecule has 0 aliphatic heterocycles. The first kappa shape index (κ1) is 18.2. The average Bonchev–Trinajstić information content (AvgIpc) is 2.93. The van der Waals surface area contributed by atoms with Crippen LogP contribution in [0.3, 0.4) is 0 Å². The second kappa shape index (κ2) is 7.18. The summed E-state index contributed by atoms with van der Waals surface area (Å²) in [4.78, 5) is 3.67. The van der Waals surface area contributed by atoms with Gasteiger partial charge < -0.3 is 9.26 Å². The van der Waals surface area contributed by atoms with Crippen molar-refractivity contribution in [2.24, 2.45) is 0 Å². The number of aryl methyl sites for hydroxylation is 1. The molecule has 0 spiro atoms. The lowest BCUT2D eigenvalue weighted by Gasteiger charge is -2.10. The van der Waals surface area contributed by atoms with Crippen molar-refractivity contribution in [1.29, 1.82) is 0 Å². The number of nitrogens with one attached hydrogen (secondary N) is 1. The van der Waals surface area contributed by atoms with Crippen molar-refractivity contribution >= 4 is 10.0 Å². The highest BCUT2D eigenvalue weighted by atomic mass is 32.2. The van der Waals surface area contributed by atoms with Gasteiger partial charge in [-0.15, -0.1) is 13.2 Å². The molecule has 1 N–H and O–H groups in total.